The summed E-state index contributed by atoms with van der Waals surface area (Å²) in [6.07, 6.45) is -0.694. The van der Waals surface area contributed by atoms with E-state index in [0.29, 0.717) is 6.61 Å². The van der Waals surface area contributed by atoms with Crippen molar-refractivity contribution in [3.8, 4) is 0 Å². The molecule has 0 spiro atoms. The molecule has 14 heavy (non-hydrogen) atoms. The van der Waals surface area contributed by atoms with Crippen LogP contribution < -0.4 is 0 Å². The van der Waals surface area contributed by atoms with Crippen LogP contribution in [0.2, 0.25) is 0 Å². The zero-order valence-corrected chi connectivity index (χ0v) is 8.20. The number of carbonyl (C=O) groups is 1. The van der Waals surface area contributed by atoms with Gasteiger partial charge in [0.2, 0.25) is 0 Å². The highest BCUT2D eigenvalue weighted by molar-refractivity contribution is 7.10. The molecule has 2 atom stereocenters. The maximum atomic E-state index is 10.4. The molecule has 1 aromatic heterocycles. The predicted octanol–water partition coefficient (Wildman–Crippen LogP) is 1.64. The first-order valence-electron chi connectivity index (χ1n) is 4.28. The average Bonchev–Trinajstić information content (AvgIpc) is 2.69. The summed E-state index contributed by atoms with van der Waals surface area (Å²) in [6.45, 7) is 0.356. The van der Waals surface area contributed by atoms with Crippen LogP contribution in [0.3, 0.4) is 0 Å². The van der Waals surface area contributed by atoms with Crippen molar-refractivity contribution in [2.75, 3.05) is 6.61 Å². The molecule has 4 nitrogen and oxygen atoms in total. The highest BCUT2D eigenvalue weighted by Crippen LogP contribution is 2.30. The van der Waals surface area contributed by atoms with E-state index in [-0.39, 0.29) is 18.8 Å². The van der Waals surface area contributed by atoms with Gasteiger partial charge in [0, 0.05) is 0 Å². The van der Waals surface area contributed by atoms with Crippen LogP contribution in [0.25, 0.3) is 0 Å². The summed E-state index contributed by atoms with van der Waals surface area (Å²) in [5.41, 5.74) is 0. The Kier molecular flexibility index (Phi) is 2.81. The lowest BCUT2D eigenvalue weighted by Gasteiger charge is -2.07. The Balaban J connectivity index is 1.92. The van der Waals surface area contributed by atoms with Crippen molar-refractivity contribution in [3.05, 3.63) is 22.4 Å². The van der Waals surface area contributed by atoms with Crippen molar-refractivity contribution in [2.24, 2.45) is 0 Å². The molecule has 1 aliphatic rings. The molecule has 0 saturated carbocycles. The topological polar surface area (TPSA) is 55.8 Å². The van der Waals surface area contributed by atoms with Crippen molar-refractivity contribution in [1.29, 1.82) is 0 Å². The largest absolute Gasteiger partial charge is 0.481 e. The standard InChI is InChI=1S/C9H10O4S/c10-8(11)4-6-5-12-9(13-6)7-2-1-3-14-7/h1-3,6,9H,4-5H2,(H,10,11). The van der Waals surface area contributed by atoms with Crippen molar-refractivity contribution in [1.82, 2.24) is 0 Å². The number of carboxylic acid groups (broad SMARTS) is 1. The van der Waals surface area contributed by atoms with E-state index in [4.69, 9.17) is 14.6 Å². The van der Waals surface area contributed by atoms with Crippen LogP contribution in [0.15, 0.2) is 17.5 Å². The summed E-state index contributed by atoms with van der Waals surface area (Å²) in [4.78, 5) is 11.4. The molecule has 1 aromatic rings. The zero-order chi connectivity index (χ0) is 9.97. The fourth-order valence-corrected chi connectivity index (χ4v) is 2.03. The van der Waals surface area contributed by atoms with E-state index >= 15 is 0 Å². The Labute approximate surface area is 85.1 Å². The highest BCUT2D eigenvalue weighted by Gasteiger charge is 2.29. The van der Waals surface area contributed by atoms with E-state index in [0.717, 1.165) is 4.88 Å². The van der Waals surface area contributed by atoms with E-state index in [1.165, 1.54) is 0 Å². The highest BCUT2D eigenvalue weighted by atomic mass is 32.1. The molecule has 76 valence electrons. The van der Waals surface area contributed by atoms with Gasteiger partial charge in [0.1, 0.15) is 0 Å². The quantitative estimate of drug-likeness (QED) is 0.831. The van der Waals surface area contributed by atoms with Crippen LogP contribution in [-0.2, 0) is 14.3 Å². The molecule has 0 amide bonds. The second-order valence-corrected chi connectivity index (χ2v) is 4.02. The number of hydrogen-bond acceptors (Lipinski definition) is 4. The molecule has 1 fully saturated rings. The van der Waals surface area contributed by atoms with Crippen LogP contribution in [0.5, 0.6) is 0 Å². The summed E-state index contributed by atoms with van der Waals surface area (Å²) < 4.78 is 10.8. The number of hydrogen-bond donors (Lipinski definition) is 1. The van der Waals surface area contributed by atoms with Gasteiger partial charge in [-0.2, -0.15) is 0 Å². The minimum absolute atomic E-state index is 0.00186. The van der Waals surface area contributed by atoms with E-state index < -0.39 is 5.97 Å². The molecule has 2 unspecified atom stereocenters. The number of aliphatic carboxylic acids is 1. The minimum Gasteiger partial charge on any atom is -0.481 e. The Morgan fingerprint density at radius 2 is 2.57 bits per heavy atom. The van der Waals surface area contributed by atoms with Gasteiger partial charge in [0.15, 0.2) is 6.29 Å². The molecule has 5 heteroatoms. The van der Waals surface area contributed by atoms with E-state index in [2.05, 4.69) is 0 Å². The molecule has 2 heterocycles. The molecular formula is C9H10O4S. The number of thiophene rings is 1. The fourth-order valence-electron chi connectivity index (χ4n) is 1.32. The first-order chi connectivity index (χ1) is 6.75. The Morgan fingerprint density at radius 3 is 3.21 bits per heavy atom. The van der Waals surface area contributed by atoms with Gasteiger partial charge in [-0.1, -0.05) is 6.07 Å². The van der Waals surface area contributed by atoms with E-state index in [1.807, 2.05) is 17.5 Å². The summed E-state index contributed by atoms with van der Waals surface area (Å²) in [5.74, 6) is -0.856. The third-order valence-corrected chi connectivity index (χ3v) is 2.82. The molecule has 0 radical (unpaired) electrons. The Hall–Kier alpha value is -0.910. The lowest BCUT2D eigenvalue weighted by atomic mass is 10.3. The third-order valence-electron chi connectivity index (χ3n) is 1.93. The molecule has 0 aliphatic carbocycles. The van der Waals surface area contributed by atoms with Gasteiger partial charge in [0.25, 0.3) is 0 Å². The normalized spacial score (nSPS) is 26.6. The van der Waals surface area contributed by atoms with Gasteiger partial charge < -0.3 is 14.6 Å². The van der Waals surface area contributed by atoms with Crippen LogP contribution in [-0.4, -0.2) is 23.8 Å². The first kappa shape index (κ1) is 9.64. The molecule has 0 aromatic carbocycles. The van der Waals surface area contributed by atoms with Crippen LogP contribution in [0.1, 0.15) is 17.6 Å². The van der Waals surface area contributed by atoms with E-state index in [9.17, 15) is 4.79 Å². The fraction of sp³-hybridized carbons (Fsp3) is 0.444. The summed E-state index contributed by atoms with van der Waals surface area (Å²) >= 11 is 1.54. The summed E-state index contributed by atoms with van der Waals surface area (Å²) in [5, 5.41) is 10.5. The molecule has 1 saturated heterocycles. The Bertz CT molecular complexity index is 309. The maximum Gasteiger partial charge on any atom is 0.306 e. The summed E-state index contributed by atoms with van der Waals surface area (Å²) in [7, 11) is 0. The maximum absolute atomic E-state index is 10.4. The number of rotatable bonds is 3. The van der Waals surface area contributed by atoms with Gasteiger partial charge >= 0.3 is 5.97 Å². The van der Waals surface area contributed by atoms with Gasteiger partial charge in [-0.15, -0.1) is 11.3 Å². The number of ether oxygens (including phenoxy) is 2. The lowest BCUT2D eigenvalue weighted by Crippen LogP contribution is -2.14. The van der Waals surface area contributed by atoms with Crippen molar-refractivity contribution >= 4 is 17.3 Å². The molecule has 1 aliphatic heterocycles. The van der Waals surface area contributed by atoms with Gasteiger partial charge in [0.05, 0.1) is 24.0 Å². The first-order valence-corrected chi connectivity index (χ1v) is 5.16. The molecule has 0 bridgehead atoms. The van der Waals surface area contributed by atoms with Crippen molar-refractivity contribution < 1.29 is 19.4 Å². The predicted molar refractivity (Wildman–Crippen MR) is 50.1 cm³/mol. The van der Waals surface area contributed by atoms with Crippen molar-refractivity contribution in [3.63, 3.8) is 0 Å². The molecule has 1 N–H and O–H groups in total. The minimum atomic E-state index is -0.856. The number of carboxylic acids is 1. The second kappa shape index (κ2) is 4.08. The molecular weight excluding hydrogens is 204 g/mol. The Morgan fingerprint density at radius 1 is 1.71 bits per heavy atom. The van der Waals surface area contributed by atoms with Gasteiger partial charge in [-0.3, -0.25) is 4.79 Å². The zero-order valence-electron chi connectivity index (χ0n) is 7.38. The van der Waals surface area contributed by atoms with Crippen LogP contribution >= 0.6 is 11.3 Å². The van der Waals surface area contributed by atoms with Crippen LogP contribution in [0, 0.1) is 0 Å². The lowest BCUT2D eigenvalue weighted by molar-refractivity contribution is -0.140. The van der Waals surface area contributed by atoms with Gasteiger partial charge in [-0.05, 0) is 11.4 Å². The molecule has 2 rings (SSSR count). The van der Waals surface area contributed by atoms with Crippen molar-refractivity contribution in [2.45, 2.75) is 18.8 Å². The smallest absolute Gasteiger partial charge is 0.306 e. The third kappa shape index (κ3) is 2.12. The van der Waals surface area contributed by atoms with Crippen LogP contribution in [0.4, 0.5) is 0 Å². The summed E-state index contributed by atoms with van der Waals surface area (Å²) in [6, 6.07) is 3.83. The SMILES string of the molecule is O=C(O)CC1COC(c2cccs2)O1. The monoisotopic (exact) mass is 214 g/mol. The average molecular weight is 214 g/mol. The van der Waals surface area contributed by atoms with E-state index in [1.54, 1.807) is 11.3 Å². The second-order valence-electron chi connectivity index (χ2n) is 3.04. The van der Waals surface area contributed by atoms with Gasteiger partial charge in [-0.25, -0.2) is 0 Å².